The molecule has 1 saturated carbocycles. The zero-order valence-corrected chi connectivity index (χ0v) is 21.5. The first-order valence-corrected chi connectivity index (χ1v) is 11.2. The van der Waals surface area contributed by atoms with E-state index >= 15 is 0 Å². The Hall–Kier alpha value is -1.55. The molecule has 0 atom stereocenters. The highest BCUT2D eigenvalue weighted by Gasteiger charge is 2.15. The van der Waals surface area contributed by atoms with Crippen molar-refractivity contribution in [3.63, 3.8) is 0 Å². The van der Waals surface area contributed by atoms with Crippen molar-refractivity contribution >= 4 is 35.8 Å². The summed E-state index contributed by atoms with van der Waals surface area (Å²) in [5, 5.41) is 9.66. The molecule has 1 aromatic rings. The number of halogens is 1. The molecule has 0 saturated heterocycles. The molecule has 0 spiro atoms. The highest BCUT2D eigenvalue weighted by molar-refractivity contribution is 14.0. The summed E-state index contributed by atoms with van der Waals surface area (Å²) in [6.07, 6.45) is 6.37. The van der Waals surface area contributed by atoms with Gasteiger partial charge in [-0.15, -0.1) is 24.0 Å². The van der Waals surface area contributed by atoms with Crippen LogP contribution >= 0.6 is 24.0 Å². The van der Waals surface area contributed by atoms with Crippen LogP contribution in [0.1, 0.15) is 56.6 Å². The van der Waals surface area contributed by atoms with Gasteiger partial charge in [-0.25, -0.2) is 0 Å². The van der Waals surface area contributed by atoms with Gasteiger partial charge in [-0.2, -0.15) is 0 Å². The monoisotopic (exact) mass is 546 g/mol. The van der Waals surface area contributed by atoms with Crippen LogP contribution in [0.25, 0.3) is 0 Å². The molecule has 0 aromatic heterocycles. The van der Waals surface area contributed by atoms with E-state index in [1.54, 1.807) is 7.05 Å². The number of carbonyl (C=O) groups excluding carboxylic acids is 1. The van der Waals surface area contributed by atoms with E-state index in [0.29, 0.717) is 51.3 Å². The number of amides is 1. The minimum atomic E-state index is 0. The molecule has 1 amide bonds. The topological polar surface area (TPSA) is 84.0 Å². The number of hydrogen-bond acceptors (Lipinski definition) is 4. The highest BCUT2D eigenvalue weighted by atomic mass is 127. The maximum atomic E-state index is 12.1. The molecule has 0 bridgehead atoms. The fraction of sp³-hybridized carbons (Fsp3) is 0.652. The number of benzene rings is 1. The van der Waals surface area contributed by atoms with E-state index < -0.39 is 0 Å². The number of carbonyl (C=O) groups is 1. The molecule has 1 fully saturated rings. The van der Waals surface area contributed by atoms with Gasteiger partial charge in [0.2, 0.25) is 5.91 Å². The van der Waals surface area contributed by atoms with Gasteiger partial charge in [0.25, 0.3) is 0 Å². The molecular weight excluding hydrogens is 507 g/mol. The van der Waals surface area contributed by atoms with E-state index in [0.717, 1.165) is 29.7 Å². The van der Waals surface area contributed by atoms with E-state index in [1.807, 2.05) is 19.9 Å². The van der Waals surface area contributed by atoms with Crippen LogP contribution < -0.4 is 20.7 Å². The van der Waals surface area contributed by atoms with Gasteiger partial charge in [-0.3, -0.25) is 9.79 Å². The van der Waals surface area contributed by atoms with Gasteiger partial charge in [-0.1, -0.05) is 31.4 Å². The van der Waals surface area contributed by atoms with Crippen molar-refractivity contribution in [3.05, 3.63) is 29.3 Å². The number of nitrogens with one attached hydrogen (secondary N) is 3. The quantitative estimate of drug-likeness (QED) is 0.171. The summed E-state index contributed by atoms with van der Waals surface area (Å²) in [4.78, 5) is 16.4. The Labute approximate surface area is 204 Å². The molecule has 1 aliphatic carbocycles. The fourth-order valence-corrected chi connectivity index (χ4v) is 3.54. The van der Waals surface area contributed by atoms with Crippen molar-refractivity contribution in [1.29, 1.82) is 0 Å². The molecule has 176 valence electrons. The van der Waals surface area contributed by atoms with Gasteiger partial charge >= 0.3 is 0 Å². The molecule has 31 heavy (non-hydrogen) atoms. The van der Waals surface area contributed by atoms with E-state index in [-0.39, 0.29) is 29.9 Å². The third kappa shape index (κ3) is 11.0. The van der Waals surface area contributed by atoms with Gasteiger partial charge in [0.1, 0.15) is 12.4 Å². The van der Waals surface area contributed by atoms with Crippen molar-refractivity contribution in [3.8, 4) is 5.75 Å². The lowest BCUT2D eigenvalue weighted by Crippen LogP contribution is -2.41. The second-order valence-electron chi connectivity index (χ2n) is 7.66. The van der Waals surface area contributed by atoms with E-state index in [4.69, 9.17) is 9.47 Å². The van der Waals surface area contributed by atoms with Gasteiger partial charge in [0.05, 0.1) is 6.61 Å². The Morgan fingerprint density at radius 3 is 2.65 bits per heavy atom. The van der Waals surface area contributed by atoms with Crippen molar-refractivity contribution in [1.82, 2.24) is 16.0 Å². The average molecular weight is 546 g/mol. The summed E-state index contributed by atoms with van der Waals surface area (Å²) in [5.41, 5.74) is 2.20. The largest absolute Gasteiger partial charge is 0.491 e. The molecule has 0 heterocycles. The van der Waals surface area contributed by atoms with Gasteiger partial charge in [-0.05, 0) is 38.3 Å². The molecule has 1 aliphatic rings. The van der Waals surface area contributed by atoms with Crippen molar-refractivity contribution < 1.29 is 14.3 Å². The third-order valence-corrected chi connectivity index (χ3v) is 5.20. The Balaban J connectivity index is 0.00000480. The summed E-state index contributed by atoms with van der Waals surface area (Å²) in [5.74, 6) is 1.62. The Bertz CT molecular complexity index is 679. The molecular formula is C23H39IN4O3. The van der Waals surface area contributed by atoms with Crippen LogP contribution in [0.15, 0.2) is 23.2 Å². The van der Waals surface area contributed by atoms with Crippen molar-refractivity contribution in [2.75, 3.05) is 33.4 Å². The standard InChI is InChI=1S/C23H38N4O3.HI/c1-4-29-14-15-30-21-16-18(2)10-11-19(21)17-26-23(24-3)25-13-12-22(28)27-20-8-6-5-7-9-20;/h10-11,16,20H,4-9,12-15,17H2,1-3H3,(H,27,28)(H2,24,25,26);1H. The molecule has 0 aliphatic heterocycles. The first-order chi connectivity index (χ1) is 14.6. The molecule has 7 nitrogen and oxygen atoms in total. The highest BCUT2D eigenvalue weighted by Crippen LogP contribution is 2.20. The second-order valence-corrected chi connectivity index (χ2v) is 7.66. The minimum absolute atomic E-state index is 0. The van der Waals surface area contributed by atoms with E-state index in [9.17, 15) is 4.79 Å². The summed E-state index contributed by atoms with van der Waals surface area (Å²) >= 11 is 0. The number of aliphatic imine (C=N–C) groups is 1. The van der Waals surface area contributed by atoms with Gasteiger partial charge in [0.15, 0.2) is 5.96 Å². The molecule has 2 rings (SSSR count). The first-order valence-electron chi connectivity index (χ1n) is 11.2. The van der Waals surface area contributed by atoms with Crippen LogP contribution in [0, 0.1) is 6.92 Å². The maximum absolute atomic E-state index is 12.1. The Kier molecular flexibility index (Phi) is 14.3. The van der Waals surface area contributed by atoms with Crippen LogP contribution in [0.2, 0.25) is 0 Å². The molecule has 0 unspecified atom stereocenters. The lowest BCUT2D eigenvalue weighted by Gasteiger charge is -2.22. The van der Waals surface area contributed by atoms with E-state index in [2.05, 4.69) is 33.1 Å². The predicted octanol–water partition coefficient (Wildman–Crippen LogP) is 3.53. The van der Waals surface area contributed by atoms with Crippen LogP contribution in [0.5, 0.6) is 5.75 Å². The third-order valence-electron chi connectivity index (χ3n) is 5.20. The Morgan fingerprint density at radius 1 is 1.16 bits per heavy atom. The van der Waals surface area contributed by atoms with E-state index in [1.165, 1.54) is 19.3 Å². The number of guanidine groups is 1. The molecule has 0 radical (unpaired) electrons. The summed E-state index contributed by atoms with van der Waals surface area (Å²) in [7, 11) is 1.73. The lowest BCUT2D eigenvalue weighted by molar-refractivity contribution is -0.121. The SMILES string of the molecule is CCOCCOc1cc(C)ccc1CNC(=NC)NCCC(=O)NC1CCCCC1.I. The Morgan fingerprint density at radius 2 is 1.94 bits per heavy atom. The number of hydrogen-bond donors (Lipinski definition) is 3. The van der Waals surface area contributed by atoms with Crippen molar-refractivity contribution in [2.24, 2.45) is 4.99 Å². The first kappa shape index (κ1) is 27.5. The lowest BCUT2D eigenvalue weighted by atomic mass is 9.95. The molecule has 3 N–H and O–H groups in total. The van der Waals surface area contributed by atoms with Crippen LogP contribution in [-0.4, -0.2) is 51.3 Å². The summed E-state index contributed by atoms with van der Waals surface area (Å²) in [6, 6.07) is 6.52. The second kappa shape index (κ2) is 16.1. The fourth-order valence-electron chi connectivity index (χ4n) is 3.54. The minimum Gasteiger partial charge on any atom is -0.491 e. The number of aryl methyl sites for hydroxylation is 1. The van der Waals surface area contributed by atoms with Crippen LogP contribution in [-0.2, 0) is 16.1 Å². The smallest absolute Gasteiger partial charge is 0.221 e. The van der Waals surface area contributed by atoms with Gasteiger partial charge < -0.3 is 25.4 Å². The number of rotatable bonds is 11. The van der Waals surface area contributed by atoms with Crippen molar-refractivity contribution in [2.45, 2.75) is 65.0 Å². The van der Waals surface area contributed by atoms with Gasteiger partial charge in [0, 0.05) is 44.8 Å². The zero-order valence-electron chi connectivity index (χ0n) is 19.2. The maximum Gasteiger partial charge on any atom is 0.221 e. The average Bonchev–Trinajstić information content (AvgIpc) is 2.75. The van der Waals surface area contributed by atoms with Crippen LogP contribution in [0.3, 0.4) is 0 Å². The molecule has 1 aromatic carbocycles. The number of nitrogens with zero attached hydrogens (tertiary/aromatic N) is 1. The van der Waals surface area contributed by atoms with Crippen LogP contribution in [0.4, 0.5) is 0 Å². The normalized spacial score (nSPS) is 14.5. The zero-order chi connectivity index (χ0) is 21.6. The summed E-state index contributed by atoms with van der Waals surface area (Å²) < 4.78 is 11.2. The summed E-state index contributed by atoms with van der Waals surface area (Å²) in [6.45, 7) is 6.93. The number of ether oxygens (including phenoxy) is 2. The predicted molar refractivity (Wildman–Crippen MR) is 136 cm³/mol. The molecule has 8 heteroatoms.